The van der Waals surface area contributed by atoms with Crippen molar-refractivity contribution in [3.05, 3.63) is 23.7 Å². The first-order valence-electron chi connectivity index (χ1n) is 7.22. The third kappa shape index (κ3) is 4.14. The number of hydrogen-bond donors (Lipinski definition) is 1. The van der Waals surface area contributed by atoms with Crippen LogP contribution in [0.3, 0.4) is 0 Å². The van der Waals surface area contributed by atoms with Crippen LogP contribution in [-0.2, 0) is 6.54 Å². The van der Waals surface area contributed by atoms with Gasteiger partial charge in [0, 0.05) is 0 Å². The number of hydrogen-bond acceptors (Lipinski definition) is 3. The van der Waals surface area contributed by atoms with Crippen LogP contribution in [0, 0.1) is 12.8 Å². The maximum absolute atomic E-state index is 5.40. The van der Waals surface area contributed by atoms with Crippen LogP contribution in [0.1, 0.15) is 37.5 Å². The standard InChI is InChI=1S/C15H26N2O/c1-13-4-9-17(10-5-13)8-3-7-16-12-15-14(2)6-11-18-15/h6,11,13,16H,3-5,7-10,12H2,1-2H3. The highest BCUT2D eigenvalue weighted by Crippen LogP contribution is 2.15. The van der Waals surface area contributed by atoms with Crippen molar-refractivity contribution in [2.24, 2.45) is 5.92 Å². The van der Waals surface area contributed by atoms with Gasteiger partial charge in [-0.2, -0.15) is 0 Å². The number of piperidine rings is 1. The zero-order chi connectivity index (χ0) is 12.8. The van der Waals surface area contributed by atoms with Gasteiger partial charge < -0.3 is 14.6 Å². The van der Waals surface area contributed by atoms with Crippen LogP contribution in [0.25, 0.3) is 0 Å². The molecule has 0 radical (unpaired) electrons. The number of furan rings is 1. The molecule has 0 atom stereocenters. The Morgan fingerprint density at radius 1 is 1.39 bits per heavy atom. The lowest BCUT2D eigenvalue weighted by molar-refractivity contribution is 0.190. The smallest absolute Gasteiger partial charge is 0.120 e. The van der Waals surface area contributed by atoms with Gasteiger partial charge in [0.1, 0.15) is 5.76 Å². The Morgan fingerprint density at radius 2 is 2.17 bits per heavy atom. The van der Waals surface area contributed by atoms with Gasteiger partial charge in [-0.15, -0.1) is 0 Å². The van der Waals surface area contributed by atoms with E-state index in [-0.39, 0.29) is 0 Å². The molecule has 102 valence electrons. The molecule has 0 bridgehead atoms. The first-order chi connectivity index (χ1) is 8.75. The van der Waals surface area contributed by atoms with Crippen LogP contribution in [0.15, 0.2) is 16.7 Å². The predicted octanol–water partition coefficient (Wildman–Crippen LogP) is 2.80. The third-order valence-electron chi connectivity index (χ3n) is 3.96. The van der Waals surface area contributed by atoms with Crippen molar-refractivity contribution in [3.8, 4) is 0 Å². The van der Waals surface area contributed by atoms with Gasteiger partial charge in [-0.25, -0.2) is 0 Å². The van der Waals surface area contributed by atoms with Crippen LogP contribution >= 0.6 is 0 Å². The molecule has 3 heteroatoms. The summed E-state index contributed by atoms with van der Waals surface area (Å²) in [5.41, 5.74) is 1.24. The van der Waals surface area contributed by atoms with Crippen LogP contribution in [0.5, 0.6) is 0 Å². The monoisotopic (exact) mass is 250 g/mol. The van der Waals surface area contributed by atoms with E-state index in [1.54, 1.807) is 6.26 Å². The summed E-state index contributed by atoms with van der Waals surface area (Å²) < 4.78 is 5.40. The van der Waals surface area contributed by atoms with Crippen molar-refractivity contribution in [1.29, 1.82) is 0 Å². The van der Waals surface area contributed by atoms with Crippen LogP contribution in [0.2, 0.25) is 0 Å². The summed E-state index contributed by atoms with van der Waals surface area (Å²) in [5.74, 6) is 2.00. The van der Waals surface area contributed by atoms with Crippen molar-refractivity contribution in [1.82, 2.24) is 10.2 Å². The second kappa shape index (κ2) is 6.95. The molecule has 1 fully saturated rings. The van der Waals surface area contributed by atoms with Gasteiger partial charge in [0.2, 0.25) is 0 Å². The highest BCUT2D eigenvalue weighted by atomic mass is 16.3. The average molecular weight is 250 g/mol. The van der Waals surface area contributed by atoms with Crippen molar-refractivity contribution in [2.45, 2.75) is 39.7 Å². The second-order valence-electron chi connectivity index (χ2n) is 5.58. The summed E-state index contributed by atoms with van der Waals surface area (Å²) in [6.07, 6.45) is 5.74. The molecular formula is C15H26N2O. The zero-order valence-corrected chi connectivity index (χ0v) is 11.7. The predicted molar refractivity (Wildman–Crippen MR) is 74.6 cm³/mol. The van der Waals surface area contributed by atoms with Gasteiger partial charge >= 0.3 is 0 Å². The van der Waals surface area contributed by atoms with Gasteiger partial charge in [0.25, 0.3) is 0 Å². The molecule has 3 nitrogen and oxygen atoms in total. The van der Waals surface area contributed by atoms with Gasteiger partial charge in [-0.05, 0) is 69.9 Å². The Bertz CT molecular complexity index is 340. The molecule has 2 rings (SSSR count). The third-order valence-corrected chi connectivity index (χ3v) is 3.96. The highest BCUT2D eigenvalue weighted by molar-refractivity contribution is 5.13. The number of aryl methyl sites for hydroxylation is 1. The van der Waals surface area contributed by atoms with Crippen molar-refractivity contribution >= 4 is 0 Å². The van der Waals surface area contributed by atoms with E-state index in [4.69, 9.17) is 4.42 Å². The number of rotatable bonds is 6. The van der Waals surface area contributed by atoms with E-state index in [0.29, 0.717) is 0 Å². The molecule has 18 heavy (non-hydrogen) atoms. The Balaban J connectivity index is 1.53. The minimum absolute atomic E-state index is 0.857. The normalized spacial score (nSPS) is 18.3. The van der Waals surface area contributed by atoms with Crippen LogP contribution in [-0.4, -0.2) is 31.1 Å². The molecule has 0 aliphatic carbocycles. The largest absolute Gasteiger partial charge is 0.468 e. The topological polar surface area (TPSA) is 28.4 Å². The van der Waals surface area contributed by atoms with E-state index in [1.165, 1.54) is 44.5 Å². The van der Waals surface area contributed by atoms with Crippen LogP contribution in [0.4, 0.5) is 0 Å². The molecule has 0 spiro atoms. The van der Waals surface area contributed by atoms with E-state index in [1.807, 2.05) is 6.07 Å². The number of likely N-dealkylation sites (tertiary alicyclic amines) is 1. The fourth-order valence-electron chi connectivity index (χ4n) is 2.50. The SMILES string of the molecule is Cc1ccoc1CNCCCN1CCC(C)CC1. The average Bonchev–Trinajstić information content (AvgIpc) is 2.77. The molecule has 1 aromatic heterocycles. The van der Waals surface area contributed by atoms with E-state index < -0.39 is 0 Å². The van der Waals surface area contributed by atoms with Gasteiger partial charge in [0.05, 0.1) is 12.8 Å². The first-order valence-corrected chi connectivity index (χ1v) is 7.22. The Morgan fingerprint density at radius 3 is 2.83 bits per heavy atom. The minimum Gasteiger partial charge on any atom is -0.468 e. The van der Waals surface area contributed by atoms with E-state index in [2.05, 4.69) is 24.1 Å². The Hall–Kier alpha value is -0.800. The second-order valence-corrected chi connectivity index (χ2v) is 5.58. The summed E-state index contributed by atoms with van der Waals surface area (Å²) in [7, 11) is 0. The lowest BCUT2D eigenvalue weighted by Gasteiger charge is -2.30. The summed E-state index contributed by atoms with van der Waals surface area (Å²) >= 11 is 0. The molecule has 0 amide bonds. The lowest BCUT2D eigenvalue weighted by atomic mass is 9.99. The van der Waals surface area contributed by atoms with E-state index in [0.717, 1.165) is 24.8 Å². The molecule has 1 saturated heterocycles. The number of nitrogens with one attached hydrogen (secondary N) is 1. The molecular weight excluding hydrogens is 224 g/mol. The van der Waals surface area contributed by atoms with Gasteiger partial charge in [-0.1, -0.05) is 6.92 Å². The molecule has 0 unspecified atom stereocenters. The summed E-state index contributed by atoms with van der Waals surface area (Å²) in [4.78, 5) is 2.60. The molecule has 0 saturated carbocycles. The zero-order valence-electron chi connectivity index (χ0n) is 11.7. The van der Waals surface area contributed by atoms with E-state index in [9.17, 15) is 0 Å². The molecule has 1 aliphatic rings. The van der Waals surface area contributed by atoms with Crippen LogP contribution < -0.4 is 5.32 Å². The molecule has 2 heterocycles. The lowest BCUT2D eigenvalue weighted by Crippen LogP contribution is -2.34. The minimum atomic E-state index is 0.857. The Kier molecular flexibility index (Phi) is 5.26. The van der Waals surface area contributed by atoms with Gasteiger partial charge in [-0.3, -0.25) is 0 Å². The van der Waals surface area contributed by atoms with Gasteiger partial charge in [0.15, 0.2) is 0 Å². The van der Waals surface area contributed by atoms with Crippen molar-refractivity contribution in [2.75, 3.05) is 26.2 Å². The molecule has 1 aliphatic heterocycles. The first kappa shape index (κ1) is 13.6. The fraction of sp³-hybridized carbons (Fsp3) is 0.733. The molecule has 0 aromatic carbocycles. The Labute approximate surface area is 111 Å². The highest BCUT2D eigenvalue weighted by Gasteiger charge is 2.14. The van der Waals surface area contributed by atoms with Crippen molar-refractivity contribution in [3.63, 3.8) is 0 Å². The summed E-state index contributed by atoms with van der Waals surface area (Å²) in [6, 6.07) is 2.02. The quantitative estimate of drug-likeness (QED) is 0.787. The number of nitrogens with zero attached hydrogens (tertiary/aromatic N) is 1. The maximum atomic E-state index is 5.40. The van der Waals surface area contributed by atoms with E-state index >= 15 is 0 Å². The maximum Gasteiger partial charge on any atom is 0.120 e. The molecule has 1 aromatic rings. The fourth-order valence-corrected chi connectivity index (χ4v) is 2.50. The van der Waals surface area contributed by atoms with Crippen molar-refractivity contribution < 1.29 is 4.42 Å². The summed E-state index contributed by atoms with van der Waals surface area (Å²) in [6.45, 7) is 10.2. The summed E-state index contributed by atoms with van der Waals surface area (Å²) in [5, 5.41) is 3.46. The molecule has 1 N–H and O–H groups in total.